The summed E-state index contributed by atoms with van der Waals surface area (Å²) < 4.78 is 0. The molecule has 0 aromatic carbocycles. The van der Waals surface area contributed by atoms with Crippen molar-refractivity contribution >= 4 is 12.0 Å². The summed E-state index contributed by atoms with van der Waals surface area (Å²) in [6.45, 7) is 0.302. The van der Waals surface area contributed by atoms with E-state index in [2.05, 4.69) is 5.32 Å². The second-order valence-electron chi connectivity index (χ2n) is 4.95. The molecule has 1 aliphatic carbocycles. The average molecular weight is 258 g/mol. The highest BCUT2D eigenvalue weighted by atomic mass is 16.4. The molecule has 1 fully saturated rings. The third-order valence-electron chi connectivity index (χ3n) is 3.62. The fraction of sp³-hybridized carbons (Fsp3) is 0.833. The van der Waals surface area contributed by atoms with Crippen LogP contribution in [0.3, 0.4) is 0 Å². The molecule has 3 N–H and O–H groups in total. The number of nitrogens with one attached hydrogen (secondary N) is 1. The molecule has 104 valence electrons. The molecule has 1 rings (SSSR count). The van der Waals surface area contributed by atoms with E-state index in [1.54, 1.807) is 7.05 Å². The van der Waals surface area contributed by atoms with E-state index >= 15 is 0 Å². The molecule has 0 aliphatic heterocycles. The number of amides is 2. The monoisotopic (exact) mass is 258 g/mol. The zero-order valence-electron chi connectivity index (χ0n) is 10.8. The Bertz CT molecular complexity index is 300. The van der Waals surface area contributed by atoms with Crippen LogP contribution in [0.5, 0.6) is 0 Å². The van der Waals surface area contributed by atoms with Crippen molar-refractivity contribution in [2.24, 2.45) is 5.41 Å². The number of carboxylic acid groups (broad SMARTS) is 1. The number of likely N-dealkylation sites (N-methyl/N-ethyl adjacent to an activating group) is 1. The second-order valence-corrected chi connectivity index (χ2v) is 4.95. The van der Waals surface area contributed by atoms with Crippen molar-refractivity contribution in [2.75, 3.05) is 26.7 Å². The molecule has 0 aromatic heterocycles. The van der Waals surface area contributed by atoms with E-state index in [1.807, 2.05) is 0 Å². The fourth-order valence-electron chi connectivity index (χ4n) is 2.33. The summed E-state index contributed by atoms with van der Waals surface area (Å²) in [7, 11) is 1.57. The Morgan fingerprint density at radius 3 is 2.39 bits per heavy atom. The number of aliphatic hydroxyl groups is 1. The molecular weight excluding hydrogens is 236 g/mol. The number of aliphatic carboxylic acids is 1. The summed E-state index contributed by atoms with van der Waals surface area (Å²) in [5.74, 6) is -0.827. The van der Waals surface area contributed by atoms with Crippen molar-refractivity contribution in [3.8, 4) is 0 Å². The standard InChI is InChI=1S/C12H22N2O4/c1-14(7-8-15)11(18)13-9-12(10(16)17)5-3-2-4-6-12/h15H,2-9H2,1H3,(H,13,18)(H,16,17). The lowest BCUT2D eigenvalue weighted by Crippen LogP contribution is -2.48. The number of nitrogens with zero attached hydrogens (tertiary/aromatic N) is 1. The molecule has 1 saturated carbocycles. The van der Waals surface area contributed by atoms with Gasteiger partial charge in [-0.3, -0.25) is 4.79 Å². The minimum atomic E-state index is -0.827. The van der Waals surface area contributed by atoms with Gasteiger partial charge in [-0.1, -0.05) is 19.3 Å². The molecular formula is C12H22N2O4. The zero-order chi connectivity index (χ0) is 13.6. The first-order chi connectivity index (χ1) is 8.52. The van der Waals surface area contributed by atoms with Gasteiger partial charge in [0.25, 0.3) is 0 Å². The van der Waals surface area contributed by atoms with E-state index in [9.17, 15) is 14.7 Å². The van der Waals surface area contributed by atoms with E-state index in [1.165, 1.54) is 4.90 Å². The number of aliphatic hydroxyl groups excluding tert-OH is 1. The van der Waals surface area contributed by atoms with E-state index in [4.69, 9.17) is 5.11 Å². The van der Waals surface area contributed by atoms with Crippen LogP contribution < -0.4 is 5.32 Å². The van der Waals surface area contributed by atoms with Gasteiger partial charge in [0.15, 0.2) is 0 Å². The SMILES string of the molecule is CN(CCO)C(=O)NCC1(C(=O)O)CCCCC1. The molecule has 6 nitrogen and oxygen atoms in total. The summed E-state index contributed by atoms with van der Waals surface area (Å²) in [6, 6.07) is -0.338. The molecule has 0 saturated heterocycles. The van der Waals surface area contributed by atoms with Crippen molar-refractivity contribution < 1.29 is 19.8 Å². The largest absolute Gasteiger partial charge is 0.481 e. The lowest BCUT2D eigenvalue weighted by molar-refractivity contribution is -0.150. The quantitative estimate of drug-likeness (QED) is 0.675. The predicted octanol–water partition coefficient (Wildman–Crippen LogP) is 0.655. The second kappa shape index (κ2) is 6.58. The number of rotatable bonds is 5. The Morgan fingerprint density at radius 1 is 1.28 bits per heavy atom. The van der Waals surface area contributed by atoms with Gasteiger partial charge in [-0.05, 0) is 12.8 Å². The van der Waals surface area contributed by atoms with Crippen molar-refractivity contribution in [3.05, 3.63) is 0 Å². The Labute approximate surface area is 107 Å². The molecule has 2 amide bonds. The molecule has 0 spiro atoms. The van der Waals surface area contributed by atoms with Gasteiger partial charge in [-0.2, -0.15) is 0 Å². The molecule has 1 aliphatic rings. The van der Waals surface area contributed by atoms with Gasteiger partial charge >= 0.3 is 12.0 Å². The highest BCUT2D eigenvalue weighted by Gasteiger charge is 2.39. The van der Waals surface area contributed by atoms with Crippen molar-refractivity contribution in [2.45, 2.75) is 32.1 Å². The predicted molar refractivity (Wildman–Crippen MR) is 66.3 cm³/mol. The van der Waals surface area contributed by atoms with E-state index < -0.39 is 11.4 Å². The maximum atomic E-state index is 11.7. The first-order valence-corrected chi connectivity index (χ1v) is 6.35. The molecule has 0 unspecified atom stereocenters. The van der Waals surface area contributed by atoms with Crippen LogP contribution in [0.25, 0.3) is 0 Å². The Hall–Kier alpha value is -1.30. The molecule has 6 heteroatoms. The maximum Gasteiger partial charge on any atom is 0.317 e. The summed E-state index contributed by atoms with van der Waals surface area (Å²) in [4.78, 5) is 24.4. The number of carbonyl (C=O) groups excluding carboxylic acids is 1. The Morgan fingerprint density at radius 2 is 1.89 bits per heavy atom. The first-order valence-electron chi connectivity index (χ1n) is 6.35. The topological polar surface area (TPSA) is 89.9 Å². The fourth-order valence-corrected chi connectivity index (χ4v) is 2.33. The Balaban J connectivity index is 2.52. The summed E-state index contributed by atoms with van der Waals surface area (Å²) in [5, 5.41) is 20.7. The molecule has 0 radical (unpaired) electrons. The van der Waals surface area contributed by atoms with Crippen LogP contribution in [0, 0.1) is 5.41 Å². The van der Waals surface area contributed by atoms with Crippen LogP contribution in [0.15, 0.2) is 0 Å². The van der Waals surface area contributed by atoms with Gasteiger partial charge in [-0.15, -0.1) is 0 Å². The van der Waals surface area contributed by atoms with Crippen molar-refractivity contribution in [3.63, 3.8) is 0 Å². The van der Waals surface area contributed by atoms with Gasteiger partial charge in [0.2, 0.25) is 0 Å². The third-order valence-corrected chi connectivity index (χ3v) is 3.62. The minimum absolute atomic E-state index is 0.103. The summed E-state index contributed by atoms with van der Waals surface area (Å²) in [5.41, 5.74) is -0.812. The molecule has 0 bridgehead atoms. The number of carboxylic acids is 1. The Kier molecular flexibility index (Phi) is 5.40. The highest BCUT2D eigenvalue weighted by molar-refractivity contribution is 5.78. The van der Waals surface area contributed by atoms with Crippen LogP contribution in [0.2, 0.25) is 0 Å². The normalized spacial score (nSPS) is 18.1. The van der Waals surface area contributed by atoms with E-state index in [0.29, 0.717) is 12.8 Å². The first kappa shape index (κ1) is 14.8. The van der Waals surface area contributed by atoms with Gasteiger partial charge in [-0.25, -0.2) is 4.79 Å². The lowest BCUT2D eigenvalue weighted by Gasteiger charge is -2.33. The van der Waals surface area contributed by atoms with Crippen LogP contribution in [0.1, 0.15) is 32.1 Å². The lowest BCUT2D eigenvalue weighted by atomic mass is 9.74. The number of hydrogen-bond donors (Lipinski definition) is 3. The van der Waals surface area contributed by atoms with Crippen LogP contribution in [-0.2, 0) is 4.79 Å². The van der Waals surface area contributed by atoms with Crippen molar-refractivity contribution in [1.82, 2.24) is 10.2 Å². The zero-order valence-corrected chi connectivity index (χ0v) is 10.8. The van der Waals surface area contributed by atoms with Gasteiger partial charge < -0.3 is 20.4 Å². The minimum Gasteiger partial charge on any atom is -0.481 e. The number of urea groups is 1. The molecule has 0 aromatic rings. The third kappa shape index (κ3) is 3.60. The smallest absolute Gasteiger partial charge is 0.317 e. The van der Waals surface area contributed by atoms with Gasteiger partial charge in [0, 0.05) is 20.1 Å². The van der Waals surface area contributed by atoms with Crippen LogP contribution in [-0.4, -0.2) is 53.9 Å². The number of hydrogen-bond acceptors (Lipinski definition) is 3. The summed E-state index contributed by atoms with van der Waals surface area (Å²) in [6.07, 6.45) is 4.09. The van der Waals surface area contributed by atoms with Crippen LogP contribution in [0.4, 0.5) is 4.79 Å². The number of carbonyl (C=O) groups is 2. The molecule has 18 heavy (non-hydrogen) atoms. The average Bonchev–Trinajstić information content (AvgIpc) is 2.37. The highest BCUT2D eigenvalue weighted by Crippen LogP contribution is 2.35. The van der Waals surface area contributed by atoms with E-state index in [0.717, 1.165) is 19.3 Å². The molecule has 0 heterocycles. The van der Waals surface area contributed by atoms with Gasteiger partial charge in [0.1, 0.15) is 0 Å². The van der Waals surface area contributed by atoms with Gasteiger partial charge in [0.05, 0.1) is 12.0 Å². The summed E-state index contributed by atoms with van der Waals surface area (Å²) >= 11 is 0. The van der Waals surface area contributed by atoms with E-state index in [-0.39, 0.29) is 25.7 Å². The van der Waals surface area contributed by atoms with Crippen molar-refractivity contribution in [1.29, 1.82) is 0 Å². The van der Waals surface area contributed by atoms with Crippen LogP contribution >= 0.6 is 0 Å². The maximum absolute atomic E-state index is 11.7. The molecule has 0 atom stereocenters.